The summed E-state index contributed by atoms with van der Waals surface area (Å²) in [6, 6.07) is 17.5. The second-order valence-corrected chi connectivity index (χ2v) is 12.2. The van der Waals surface area contributed by atoms with E-state index in [1.165, 1.54) is 0 Å². The van der Waals surface area contributed by atoms with E-state index in [2.05, 4.69) is 10.6 Å². The van der Waals surface area contributed by atoms with Crippen molar-refractivity contribution in [3.63, 3.8) is 0 Å². The quantitative estimate of drug-likeness (QED) is 0.342. The molecule has 0 spiro atoms. The van der Waals surface area contributed by atoms with E-state index in [1.54, 1.807) is 21.3 Å². The summed E-state index contributed by atoms with van der Waals surface area (Å²) in [6.45, 7) is 5.09. The highest BCUT2D eigenvalue weighted by molar-refractivity contribution is 7.98. The van der Waals surface area contributed by atoms with E-state index in [9.17, 15) is 14.4 Å². The summed E-state index contributed by atoms with van der Waals surface area (Å²) in [5.74, 6) is 1.24. The van der Waals surface area contributed by atoms with Crippen molar-refractivity contribution >= 4 is 41.9 Å². The number of nitrogens with one attached hydrogen (secondary N) is 2. The van der Waals surface area contributed by atoms with Crippen LogP contribution in [0.15, 0.2) is 60.7 Å². The zero-order valence-electron chi connectivity index (χ0n) is 25.6. The number of halogens is 1. The van der Waals surface area contributed by atoms with Crippen LogP contribution in [0.5, 0.6) is 0 Å². The van der Waals surface area contributed by atoms with Gasteiger partial charge >= 0.3 is 0 Å². The molecule has 10 nitrogen and oxygen atoms in total. The molecule has 1 aromatic heterocycles. The summed E-state index contributed by atoms with van der Waals surface area (Å²) in [5.41, 5.74) is 8.28. The van der Waals surface area contributed by atoms with Crippen LogP contribution in [-0.4, -0.2) is 74.6 Å². The molecule has 2 heterocycles. The van der Waals surface area contributed by atoms with Crippen molar-refractivity contribution in [2.75, 3.05) is 25.1 Å². The van der Waals surface area contributed by atoms with Gasteiger partial charge in [0, 0.05) is 25.1 Å². The number of rotatable bonds is 8. The lowest BCUT2D eigenvalue weighted by molar-refractivity contribution is -0.133. The highest BCUT2D eigenvalue weighted by atomic mass is 35.5. The van der Waals surface area contributed by atoms with Crippen LogP contribution in [-0.2, 0) is 27.3 Å². The van der Waals surface area contributed by atoms with Crippen molar-refractivity contribution < 1.29 is 14.4 Å². The van der Waals surface area contributed by atoms with Crippen LogP contribution in [0.25, 0.3) is 11.4 Å². The fourth-order valence-electron chi connectivity index (χ4n) is 5.18. The normalized spacial score (nSPS) is 18.8. The minimum atomic E-state index is -0.719. The van der Waals surface area contributed by atoms with Crippen molar-refractivity contribution in [3.05, 3.63) is 72.1 Å². The number of aromatic nitrogens is 3. The molecule has 0 radical (unpaired) electrons. The van der Waals surface area contributed by atoms with Gasteiger partial charge in [0.15, 0.2) is 11.6 Å². The zero-order valence-corrected chi connectivity index (χ0v) is 27.3. The number of benzene rings is 2. The molecule has 3 amide bonds. The number of hydrogen-bond acceptors (Lipinski definition) is 7. The van der Waals surface area contributed by atoms with E-state index in [4.69, 9.17) is 15.8 Å². The minimum Gasteiger partial charge on any atom is -0.344 e. The third kappa shape index (κ3) is 9.54. The Hall–Kier alpha value is -3.41. The average Bonchev–Trinajstić information content (AvgIpc) is 3.43. The van der Waals surface area contributed by atoms with Gasteiger partial charge in [-0.3, -0.25) is 14.4 Å². The van der Waals surface area contributed by atoms with Crippen molar-refractivity contribution in [3.8, 4) is 11.4 Å². The zero-order chi connectivity index (χ0) is 30.8. The van der Waals surface area contributed by atoms with E-state index in [1.807, 2.05) is 80.8 Å². The number of amides is 3. The van der Waals surface area contributed by atoms with E-state index in [0.29, 0.717) is 50.5 Å². The fourth-order valence-corrected chi connectivity index (χ4v) is 5.65. The Morgan fingerprint density at radius 2 is 1.70 bits per heavy atom. The highest BCUT2D eigenvalue weighted by Crippen LogP contribution is 2.25. The molecule has 0 bridgehead atoms. The van der Waals surface area contributed by atoms with Crippen LogP contribution in [0.1, 0.15) is 50.5 Å². The van der Waals surface area contributed by atoms with E-state index in [0.717, 1.165) is 16.9 Å². The van der Waals surface area contributed by atoms with Gasteiger partial charge in [-0.05, 0) is 42.8 Å². The van der Waals surface area contributed by atoms with Gasteiger partial charge in [0.05, 0.1) is 18.6 Å². The largest absolute Gasteiger partial charge is 0.344 e. The summed E-state index contributed by atoms with van der Waals surface area (Å²) < 4.78 is 1.80. The molecule has 1 aliphatic heterocycles. The van der Waals surface area contributed by atoms with Gasteiger partial charge in [-0.1, -0.05) is 74.5 Å². The number of nitrogens with two attached hydrogens (primary N) is 1. The van der Waals surface area contributed by atoms with Crippen LogP contribution >= 0.6 is 24.2 Å². The van der Waals surface area contributed by atoms with E-state index < -0.39 is 18.1 Å². The Morgan fingerprint density at radius 3 is 2.36 bits per heavy atom. The standard InChI is InChI=1S/C32H43N7O3S.ClH/c1-22(2)28-30-36-29(24-13-8-5-9-14-24)37-39(30)19-18-38(32(42)25(33)21-23-11-6-4-7-12-23)17-10-15-27(40)34-26(16-20-43-3)31(41)35-28;/h4-9,11-14,22,25-26,28H,10,15-21,33H2,1-3H3,(H,34,40)(H,35,41);1H/t25-,26-,28?;/m0./s1. The molecule has 0 saturated carbocycles. The maximum absolute atomic E-state index is 13.6. The van der Waals surface area contributed by atoms with Crippen molar-refractivity contribution in [2.24, 2.45) is 11.7 Å². The number of hydrogen-bond donors (Lipinski definition) is 3. The Morgan fingerprint density at radius 1 is 1.02 bits per heavy atom. The highest BCUT2D eigenvalue weighted by Gasteiger charge is 2.30. The van der Waals surface area contributed by atoms with Crippen molar-refractivity contribution in [2.45, 2.75) is 64.2 Å². The van der Waals surface area contributed by atoms with Gasteiger partial charge in [0.2, 0.25) is 17.7 Å². The summed E-state index contributed by atoms with van der Waals surface area (Å²) in [7, 11) is 0. The van der Waals surface area contributed by atoms with Gasteiger partial charge in [-0.2, -0.15) is 16.9 Å². The first-order chi connectivity index (χ1) is 20.8. The van der Waals surface area contributed by atoms with Gasteiger partial charge in [0.1, 0.15) is 6.04 Å². The smallest absolute Gasteiger partial charge is 0.243 e. The first-order valence-corrected chi connectivity index (χ1v) is 16.3. The Kier molecular flexibility index (Phi) is 13.7. The molecule has 0 aliphatic carbocycles. The molecule has 0 fully saturated rings. The third-order valence-corrected chi connectivity index (χ3v) is 8.22. The molecule has 2 aromatic carbocycles. The molecule has 3 atom stereocenters. The van der Waals surface area contributed by atoms with E-state index in [-0.39, 0.29) is 42.5 Å². The Bertz CT molecular complexity index is 1360. The van der Waals surface area contributed by atoms with Gasteiger partial charge in [-0.25, -0.2) is 9.67 Å². The molecule has 1 aliphatic rings. The summed E-state index contributed by atoms with van der Waals surface area (Å²) in [5, 5.41) is 10.9. The second kappa shape index (κ2) is 17.2. The summed E-state index contributed by atoms with van der Waals surface area (Å²) >= 11 is 1.62. The van der Waals surface area contributed by atoms with Crippen LogP contribution in [0, 0.1) is 5.92 Å². The Balaban J connectivity index is 0.00000529. The number of thioether (sulfide) groups is 1. The Labute approximate surface area is 270 Å². The van der Waals surface area contributed by atoms with E-state index >= 15 is 0 Å². The molecular weight excluding hydrogens is 598 g/mol. The molecular formula is C32H44ClN7O3S. The van der Waals surface area contributed by atoms with Gasteiger partial charge in [-0.15, -0.1) is 12.4 Å². The van der Waals surface area contributed by atoms with Gasteiger partial charge in [0.25, 0.3) is 0 Å². The SMILES string of the molecule is CSCC[C@@H]1NC(=O)CCCN(C(=O)[C@@H](N)Cc2ccccc2)CCn2nc(-c3ccccc3)nc2C(C(C)C)NC1=O.Cl. The van der Waals surface area contributed by atoms with Crippen molar-refractivity contribution in [1.82, 2.24) is 30.3 Å². The molecule has 44 heavy (non-hydrogen) atoms. The maximum Gasteiger partial charge on any atom is 0.243 e. The number of carbonyl (C=O) groups excluding carboxylic acids is 3. The summed E-state index contributed by atoms with van der Waals surface area (Å²) in [6.07, 6.45) is 3.54. The maximum atomic E-state index is 13.6. The molecule has 4 N–H and O–H groups in total. The molecule has 4 rings (SSSR count). The lowest BCUT2D eigenvalue weighted by atomic mass is 10.0. The average molecular weight is 642 g/mol. The lowest BCUT2D eigenvalue weighted by Crippen LogP contribution is -2.50. The predicted octanol–water partition coefficient (Wildman–Crippen LogP) is 3.61. The second-order valence-electron chi connectivity index (χ2n) is 11.2. The molecule has 12 heteroatoms. The van der Waals surface area contributed by atoms with Crippen LogP contribution in [0.4, 0.5) is 0 Å². The number of nitrogens with zero attached hydrogens (tertiary/aromatic N) is 4. The first-order valence-electron chi connectivity index (χ1n) is 14.9. The molecule has 0 saturated heterocycles. The lowest BCUT2D eigenvalue weighted by Gasteiger charge is -2.29. The van der Waals surface area contributed by atoms with Gasteiger partial charge < -0.3 is 21.3 Å². The molecule has 238 valence electrons. The summed E-state index contributed by atoms with van der Waals surface area (Å²) in [4.78, 5) is 46.8. The number of carbonyl (C=O) groups is 3. The first kappa shape index (κ1) is 35.1. The monoisotopic (exact) mass is 641 g/mol. The van der Waals surface area contributed by atoms with Crippen molar-refractivity contribution in [1.29, 1.82) is 0 Å². The fraction of sp³-hybridized carbons (Fsp3) is 0.469. The third-order valence-electron chi connectivity index (χ3n) is 7.58. The van der Waals surface area contributed by atoms with Crippen LogP contribution in [0.2, 0.25) is 0 Å². The molecule has 1 unspecified atom stereocenters. The molecule has 3 aromatic rings. The topological polar surface area (TPSA) is 135 Å². The van der Waals surface area contributed by atoms with Crippen LogP contribution in [0.3, 0.4) is 0 Å². The minimum absolute atomic E-state index is 0. The number of fused-ring (bicyclic) bond motifs is 1. The van der Waals surface area contributed by atoms with Crippen LogP contribution < -0.4 is 16.4 Å². The predicted molar refractivity (Wildman–Crippen MR) is 177 cm³/mol.